The van der Waals surface area contributed by atoms with Crippen molar-refractivity contribution < 1.29 is 0 Å². The highest BCUT2D eigenvalue weighted by molar-refractivity contribution is 6.02. The first kappa shape index (κ1) is 35.5. The van der Waals surface area contributed by atoms with Gasteiger partial charge in [0.2, 0.25) is 0 Å². The molecule has 0 fully saturated rings. The molecule has 294 valence electrons. The van der Waals surface area contributed by atoms with Crippen LogP contribution in [0.25, 0.3) is 55.6 Å². The van der Waals surface area contributed by atoms with Gasteiger partial charge in [0.25, 0.3) is 0 Å². The molecule has 9 aromatic carbocycles. The maximum Gasteiger partial charge on any atom is 0.0726 e. The van der Waals surface area contributed by atoms with E-state index in [1.807, 2.05) is 0 Å². The minimum Gasteiger partial charge on any atom is -0.310 e. The third-order valence-electron chi connectivity index (χ3n) is 15.0. The lowest BCUT2D eigenvalue weighted by atomic mass is 9.70. The van der Waals surface area contributed by atoms with E-state index in [-0.39, 0.29) is 10.8 Å². The quantitative estimate of drug-likeness (QED) is 0.172. The van der Waals surface area contributed by atoms with Gasteiger partial charge in [0.05, 0.1) is 11.1 Å². The minimum atomic E-state index is -0.446. The predicted molar refractivity (Wildman–Crippen MR) is 258 cm³/mol. The second-order valence-corrected chi connectivity index (χ2v) is 18.8. The van der Waals surface area contributed by atoms with E-state index in [1.165, 1.54) is 106 Å². The van der Waals surface area contributed by atoms with Gasteiger partial charge in [-0.3, -0.25) is 0 Å². The summed E-state index contributed by atoms with van der Waals surface area (Å²) < 4.78 is 0. The molecule has 0 saturated carbocycles. The molecular weight excluding hydrogens is 747 g/mol. The average molecular weight is 792 g/mol. The molecule has 0 unspecified atom stereocenters. The van der Waals surface area contributed by atoms with Crippen molar-refractivity contribution in [3.8, 4) is 55.6 Å². The van der Waals surface area contributed by atoms with Gasteiger partial charge in [0.15, 0.2) is 0 Å². The van der Waals surface area contributed by atoms with Crippen LogP contribution in [0.15, 0.2) is 200 Å². The van der Waals surface area contributed by atoms with Gasteiger partial charge >= 0.3 is 0 Å². The molecule has 62 heavy (non-hydrogen) atoms. The Morgan fingerprint density at radius 3 is 1.42 bits per heavy atom. The van der Waals surface area contributed by atoms with E-state index < -0.39 is 5.41 Å². The Morgan fingerprint density at radius 2 is 0.774 bits per heavy atom. The Bertz CT molecular complexity index is 3320. The Balaban J connectivity index is 1.14. The third kappa shape index (κ3) is 4.43. The minimum absolute atomic E-state index is 0.156. The van der Waals surface area contributed by atoms with Gasteiger partial charge in [-0.05, 0) is 125 Å². The third-order valence-corrected chi connectivity index (χ3v) is 15.0. The van der Waals surface area contributed by atoms with E-state index in [0.29, 0.717) is 0 Å². The normalized spacial score (nSPS) is 15.5. The summed E-state index contributed by atoms with van der Waals surface area (Å²) in [5.74, 6) is 0. The van der Waals surface area contributed by atoms with Crippen molar-refractivity contribution in [3.05, 3.63) is 245 Å². The lowest BCUT2D eigenvalue weighted by Gasteiger charge is -2.33. The largest absolute Gasteiger partial charge is 0.310 e. The van der Waals surface area contributed by atoms with Gasteiger partial charge < -0.3 is 4.90 Å². The van der Waals surface area contributed by atoms with E-state index in [1.54, 1.807) is 0 Å². The van der Waals surface area contributed by atoms with Crippen molar-refractivity contribution in [3.63, 3.8) is 0 Å². The number of nitrogens with zero attached hydrogens (tertiary/aromatic N) is 1. The Labute approximate surface area is 364 Å². The number of fused-ring (bicyclic) bond motifs is 16. The predicted octanol–water partition coefficient (Wildman–Crippen LogP) is 15.8. The molecule has 13 rings (SSSR count). The average Bonchev–Trinajstić information content (AvgIpc) is 3.95. The molecule has 0 aromatic heterocycles. The molecule has 1 nitrogen and oxygen atoms in total. The van der Waals surface area contributed by atoms with Crippen molar-refractivity contribution >= 4 is 17.1 Å². The van der Waals surface area contributed by atoms with Crippen LogP contribution in [0.3, 0.4) is 0 Å². The van der Waals surface area contributed by atoms with Gasteiger partial charge in [-0.15, -0.1) is 0 Å². The standard InChI is InChI=1S/C61H45N/c1-59(2)49-26-13-8-21-41(49)45-34-33-39(37-55(45)59)62(40-35-47(38-19-6-5-7-20-38)58-48(36-40)44-24-9-14-27-50(44)60(58,3)4)56-32-18-31-54-57(56)46-25-12-17-30-53(46)61(54)51-28-15-10-22-42(51)43-23-11-16-29-52(43)61/h5-37H,1-4H3. The molecule has 0 saturated heterocycles. The smallest absolute Gasteiger partial charge is 0.0726 e. The molecule has 0 atom stereocenters. The first-order chi connectivity index (χ1) is 30.3. The summed E-state index contributed by atoms with van der Waals surface area (Å²) in [6.45, 7) is 9.59. The summed E-state index contributed by atoms with van der Waals surface area (Å²) in [6, 6.07) is 75.9. The number of hydrogen-bond donors (Lipinski definition) is 0. The van der Waals surface area contributed by atoms with Crippen LogP contribution in [-0.2, 0) is 16.2 Å². The molecule has 0 radical (unpaired) electrons. The first-order valence-corrected chi connectivity index (χ1v) is 22.1. The Hall–Kier alpha value is -7.22. The van der Waals surface area contributed by atoms with Gasteiger partial charge in [-0.25, -0.2) is 0 Å². The molecule has 0 bridgehead atoms. The zero-order chi connectivity index (χ0) is 41.5. The van der Waals surface area contributed by atoms with E-state index in [2.05, 4.69) is 233 Å². The lowest BCUT2D eigenvalue weighted by molar-refractivity contribution is 0.660. The van der Waals surface area contributed by atoms with Crippen molar-refractivity contribution in [1.29, 1.82) is 0 Å². The summed E-state index contributed by atoms with van der Waals surface area (Å²) in [7, 11) is 0. The van der Waals surface area contributed by atoms with Crippen LogP contribution < -0.4 is 4.90 Å². The fourth-order valence-corrected chi connectivity index (χ4v) is 12.5. The van der Waals surface area contributed by atoms with Gasteiger partial charge in [-0.1, -0.05) is 198 Å². The SMILES string of the molecule is CC1(C)c2ccccc2-c2ccc(N(c3cc(-c4ccccc4)c4c(c3)-c3ccccc3C4(C)C)c3cccc4c3-c3ccccc3C43c4ccccc4-c4ccccc43)cc21. The molecule has 4 aliphatic carbocycles. The molecule has 4 aliphatic rings. The van der Waals surface area contributed by atoms with E-state index in [4.69, 9.17) is 0 Å². The van der Waals surface area contributed by atoms with Gasteiger partial charge in [-0.2, -0.15) is 0 Å². The maximum atomic E-state index is 2.60. The van der Waals surface area contributed by atoms with E-state index in [9.17, 15) is 0 Å². The van der Waals surface area contributed by atoms with Crippen LogP contribution >= 0.6 is 0 Å². The van der Waals surface area contributed by atoms with E-state index in [0.717, 1.165) is 11.4 Å². The topological polar surface area (TPSA) is 3.24 Å². The number of rotatable bonds is 4. The monoisotopic (exact) mass is 791 g/mol. The van der Waals surface area contributed by atoms with E-state index >= 15 is 0 Å². The lowest BCUT2D eigenvalue weighted by Crippen LogP contribution is -2.26. The fourth-order valence-electron chi connectivity index (χ4n) is 12.5. The second-order valence-electron chi connectivity index (χ2n) is 18.8. The van der Waals surface area contributed by atoms with Crippen molar-refractivity contribution in [2.45, 2.75) is 43.9 Å². The Morgan fingerprint density at radius 1 is 0.306 bits per heavy atom. The highest BCUT2D eigenvalue weighted by atomic mass is 15.1. The number of hydrogen-bond acceptors (Lipinski definition) is 1. The van der Waals surface area contributed by atoms with Crippen molar-refractivity contribution in [1.82, 2.24) is 0 Å². The molecule has 0 heterocycles. The summed E-state index contributed by atoms with van der Waals surface area (Å²) >= 11 is 0. The Kier molecular flexibility index (Phi) is 7.12. The molecule has 1 heteroatoms. The zero-order valence-corrected chi connectivity index (χ0v) is 35.5. The first-order valence-electron chi connectivity index (χ1n) is 22.1. The zero-order valence-electron chi connectivity index (χ0n) is 35.5. The molecule has 9 aromatic rings. The maximum absolute atomic E-state index is 2.60. The summed E-state index contributed by atoms with van der Waals surface area (Å²) in [5, 5.41) is 0. The van der Waals surface area contributed by atoms with Crippen LogP contribution in [0.1, 0.15) is 72.2 Å². The van der Waals surface area contributed by atoms with Crippen molar-refractivity contribution in [2.24, 2.45) is 0 Å². The van der Waals surface area contributed by atoms with Crippen LogP contribution in [0.4, 0.5) is 17.1 Å². The van der Waals surface area contributed by atoms with Crippen LogP contribution in [0.5, 0.6) is 0 Å². The van der Waals surface area contributed by atoms with Crippen LogP contribution in [0, 0.1) is 0 Å². The van der Waals surface area contributed by atoms with Crippen LogP contribution in [-0.4, -0.2) is 0 Å². The summed E-state index contributed by atoms with van der Waals surface area (Å²) in [5.41, 5.74) is 26.7. The molecule has 0 amide bonds. The fraction of sp³-hybridized carbons (Fsp3) is 0.115. The molecule has 0 aliphatic heterocycles. The molecular formula is C61H45N. The number of anilines is 3. The van der Waals surface area contributed by atoms with Crippen LogP contribution in [0.2, 0.25) is 0 Å². The molecule has 1 spiro atoms. The summed E-state index contributed by atoms with van der Waals surface area (Å²) in [6.07, 6.45) is 0. The highest BCUT2D eigenvalue weighted by Gasteiger charge is 2.52. The van der Waals surface area contributed by atoms with Gasteiger partial charge in [0.1, 0.15) is 0 Å². The van der Waals surface area contributed by atoms with Gasteiger partial charge in [0, 0.05) is 27.8 Å². The van der Waals surface area contributed by atoms with Crippen molar-refractivity contribution in [2.75, 3.05) is 4.90 Å². The summed E-state index contributed by atoms with van der Waals surface area (Å²) in [4.78, 5) is 2.60. The highest BCUT2D eigenvalue weighted by Crippen LogP contribution is 2.65. The molecule has 0 N–H and O–H groups in total. The number of benzene rings is 9. The second kappa shape index (κ2) is 12.4.